The molecule has 0 fully saturated rings. The monoisotopic (exact) mass is 385 g/mol. The average Bonchev–Trinajstić information content (AvgIpc) is 2.65. The first-order valence-electron chi connectivity index (χ1n) is 8.56. The molecule has 142 valence electrons. The van der Waals surface area contributed by atoms with Crippen molar-refractivity contribution in [3.05, 3.63) is 65.2 Å². The summed E-state index contributed by atoms with van der Waals surface area (Å²) in [7, 11) is 0. The molecule has 0 radical (unpaired) electrons. The summed E-state index contributed by atoms with van der Waals surface area (Å²) in [6.45, 7) is 6.68. The highest BCUT2D eigenvalue weighted by Crippen LogP contribution is 2.13. The largest absolute Gasteiger partial charge is 0.493 e. The maximum absolute atomic E-state index is 12.2. The smallest absolute Gasteiger partial charge is 0.269 e. The van der Waals surface area contributed by atoms with Crippen LogP contribution in [0.3, 0.4) is 0 Å². The van der Waals surface area contributed by atoms with Gasteiger partial charge in [0.2, 0.25) is 0 Å². The van der Waals surface area contributed by atoms with Crippen LogP contribution in [0.4, 0.5) is 0 Å². The van der Waals surface area contributed by atoms with Crippen molar-refractivity contribution >= 4 is 29.1 Å². The van der Waals surface area contributed by atoms with Gasteiger partial charge < -0.3 is 4.74 Å². The van der Waals surface area contributed by atoms with E-state index in [0.717, 1.165) is 5.56 Å². The molecule has 6 nitrogen and oxygen atoms in total. The molecule has 0 aliphatic carbocycles. The number of rotatable bonds is 5. The zero-order valence-electron chi connectivity index (χ0n) is 15.5. The lowest BCUT2D eigenvalue weighted by Crippen LogP contribution is -2.48. The molecule has 0 heterocycles. The summed E-state index contributed by atoms with van der Waals surface area (Å²) in [4.78, 5) is 24.2. The Morgan fingerprint density at radius 1 is 0.926 bits per heavy atom. The van der Waals surface area contributed by atoms with E-state index < -0.39 is 0 Å². The summed E-state index contributed by atoms with van der Waals surface area (Å²) in [5.74, 6) is 0.392. The zero-order chi connectivity index (χ0) is 19.8. The first kappa shape index (κ1) is 20.4. The lowest BCUT2D eigenvalue weighted by Gasteiger charge is -2.12. The van der Waals surface area contributed by atoms with E-state index in [9.17, 15) is 9.59 Å². The van der Waals surface area contributed by atoms with Gasteiger partial charge in [-0.1, -0.05) is 31.5 Å². The third kappa shape index (κ3) is 6.71. The minimum Gasteiger partial charge on any atom is -0.493 e. The first-order valence-corrected chi connectivity index (χ1v) is 8.97. The van der Waals surface area contributed by atoms with Crippen LogP contribution < -0.4 is 20.9 Å². The van der Waals surface area contributed by atoms with E-state index in [1.807, 2.05) is 19.1 Å². The fourth-order valence-corrected chi connectivity index (χ4v) is 2.21. The van der Waals surface area contributed by atoms with E-state index in [4.69, 9.17) is 17.0 Å². The highest BCUT2D eigenvalue weighted by Gasteiger charge is 2.10. The number of hydrazine groups is 1. The van der Waals surface area contributed by atoms with Crippen LogP contribution in [0.15, 0.2) is 48.5 Å². The molecule has 2 rings (SSSR count). The van der Waals surface area contributed by atoms with Crippen LogP contribution in [0.1, 0.15) is 40.1 Å². The van der Waals surface area contributed by atoms with Gasteiger partial charge in [0.1, 0.15) is 5.75 Å². The van der Waals surface area contributed by atoms with Crippen LogP contribution in [0.25, 0.3) is 0 Å². The average molecular weight is 385 g/mol. The Hall–Kier alpha value is -2.93. The molecule has 0 saturated carbocycles. The highest BCUT2D eigenvalue weighted by molar-refractivity contribution is 7.80. The third-order valence-corrected chi connectivity index (χ3v) is 3.73. The van der Waals surface area contributed by atoms with Crippen molar-refractivity contribution in [1.82, 2.24) is 16.2 Å². The predicted molar refractivity (Wildman–Crippen MR) is 109 cm³/mol. The van der Waals surface area contributed by atoms with Crippen molar-refractivity contribution in [1.29, 1.82) is 0 Å². The number of nitrogens with one attached hydrogen (secondary N) is 3. The topological polar surface area (TPSA) is 79.5 Å². The molecular formula is C20H23N3O3S. The van der Waals surface area contributed by atoms with Crippen LogP contribution in [0, 0.1) is 12.8 Å². The van der Waals surface area contributed by atoms with Crippen molar-refractivity contribution < 1.29 is 14.3 Å². The lowest BCUT2D eigenvalue weighted by atomic mass is 10.1. The molecule has 0 unspecified atom stereocenters. The normalized spacial score (nSPS) is 10.2. The van der Waals surface area contributed by atoms with Gasteiger partial charge in [-0.05, 0) is 61.5 Å². The Kier molecular flexibility index (Phi) is 7.31. The van der Waals surface area contributed by atoms with Crippen molar-refractivity contribution in [3.8, 4) is 5.75 Å². The summed E-state index contributed by atoms with van der Waals surface area (Å²) in [5, 5.41) is 2.51. The number of carbonyl (C=O) groups is 2. The molecule has 0 spiro atoms. The van der Waals surface area contributed by atoms with Gasteiger partial charge in [-0.15, -0.1) is 0 Å². The molecule has 2 aromatic rings. The Morgan fingerprint density at radius 2 is 1.48 bits per heavy atom. The number of benzene rings is 2. The van der Waals surface area contributed by atoms with Crippen LogP contribution in [-0.4, -0.2) is 23.5 Å². The summed E-state index contributed by atoms with van der Waals surface area (Å²) >= 11 is 5.03. The molecule has 0 aromatic heterocycles. The molecule has 0 aliphatic heterocycles. The summed E-state index contributed by atoms with van der Waals surface area (Å²) in [5.41, 5.74) is 6.94. The van der Waals surface area contributed by atoms with E-state index in [1.165, 1.54) is 0 Å². The highest BCUT2D eigenvalue weighted by atomic mass is 32.1. The molecule has 27 heavy (non-hydrogen) atoms. The number of amides is 2. The quantitative estimate of drug-likeness (QED) is 0.545. The Morgan fingerprint density at radius 3 is 2.07 bits per heavy atom. The lowest BCUT2D eigenvalue weighted by molar-refractivity contribution is 0.0934. The molecule has 0 aliphatic rings. The van der Waals surface area contributed by atoms with Gasteiger partial charge in [0.15, 0.2) is 5.11 Å². The third-order valence-electron chi connectivity index (χ3n) is 3.53. The molecule has 3 N–H and O–H groups in total. The molecule has 0 bridgehead atoms. The first-order chi connectivity index (χ1) is 12.8. The summed E-state index contributed by atoms with van der Waals surface area (Å²) in [6, 6.07) is 13.8. The Labute approximate surface area is 164 Å². The molecule has 7 heteroatoms. The van der Waals surface area contributed by atoms with Gasteiger partial charge in [-0.25, -0.2) is 0 Å². The van der Waals surface area contributed by atoms with Gasteiger partial charge in [0.05, 0.1) is 6.61 Å². The van der Waals surface area contributed by atoms with Gasteiger partial charge in [0.25, 0.3) is 11.8 Å². The van der Waals surface area contributed by atoms with E-state index in [-0.39, 0.29) is 16.9 Å². The van der Waals surface area contributed by atoms with Crippen molar-refractivity contribution in [3.63, 3.8) is 0 Å². The van der Waals surface area contributed by atoms with Crippen molar-refractivity contribution in [2.24, 2.45) is 5.92 Å². The van der Waals surface area contributed by atoms with Crippen LogP contribution in [-0.2, 0) is 0 Å². The number of aryl methyl sites for hydroxylation is 1. The predicted octanol–water partition coefficient (Wildman–Crippen LogP) is 2.98. The second kappa shape index (κ2) is 9.68. The van der Waals surface area contributed by atoms with Crippen LogP contribution >= 0.6 is 12.2 Å². The van der Waals surface area contributed by atoms with Gasteiger partial charge in [0, 0.05) is 11.1 Å². The van der Waals surface area contributed by atoms with E-state index in [1.54, 1.807) is 36.4 Å². The zero-order valence-corrected chi connectivity index (χ0v) is 16.4. The maximum atomic E-state index is 12.2. The van der Waals surface area contributed by atoms with Crippen LogP contribution in [0.2, 0.25) is 0 Å². The molecule has 0 atom stereocenters. The fraction of sp³-hybridized carbons (Fsp3) is 0.250. The fourth-order valence-electron chi connectivity index (χ4n) is 2.06. The van der Waals surface area contributed by atoms with E-state index in [2.05, 4.69) is 30.0 Å². The van der Waals surface area contributed by atoms with Gasteiger partial charge in [-0.3, -0.25) is 25.8 Å². The maximum Gasteiger partial charge on any atom is 0.269 e. The van der Waals surface area contributed by atoms with Crippen molar-refractivity contribution in [2.45, 2.75) is 20.8 Å². The summed E-state index contributed by atoms with van der Waals surface area (Å²) in [6.07, 6.45) is 0. The minimum absolute atomic E-state index is 0.000552. The second-order valence-electron chi connectivity index (χ2n) is 6.46. The number of carbonyl (C=O) groups excluding carboxylic acids is 2. The Balaban J connectivity index is 1.81. The van der Waals surface area contributed by atoms with Crippen LogP contribution in [0.5, 0.6) is 5.75 Å². The van der Waals surface area contributed by atoms with Crippen molar-refractivity contribution in [2.75, 3.05) is 6.61 Å². The summed E-state index contributed by atoms with van der Waals surface area (Å²) < 4.78 is 5.58. The number of hydrogen-bond donors (Lipinski definition) is 3. The number of thiocarbonyl (C=S) groups is 1. The van der Waals surface area contributed by atoms with Gasteiger partial charge in [-0.2, -0.15) is 0 Å². The van der Waals surface area contributed by atoms with E-state index in [0.29, 0.717) is 29.4 Å². The molecule has 2 amide bonds. The van der Waals surface area contributed by atoms with Gasteiger partial charge >= 0.3 is 0 Å². The number of ether oxygens (including phenoxy) is 1. The second-order valence-corrected chi connectivity index (χ2v) is 6.87. The standard InChI is InChI=1S/C20H23N3O3S/c1-13(2)12-26-17-10-8-15(9-11-17)18(24)21-20(27)23-22-19(25)16-6-4-14(3)5-7-16/h4-11,13H,12H2,1-3H3,(H,22,25)(H2,21,23,24,27). The number of hydrogen-bond acceptors (Lipinski definition) is 4. The Bertz CT molecular complexity index is 802. The SMILES string of the molecule is Cc1ccc(C(=O)NNC(=S)NC(=O)c2ccc(OCC(C)C)cc2)cc1. The minimum atomic E-state index is -0.382. The van der Waals surface area contributed by atoms with E-state index >= 15 is 0 Å². The molecule has 0 saturated heterocycles. The molecule has 2 aromatic carbocycles. The molecular weight excluding hydrogens is 362 g/mol.